The zero-order valence-electron chi connectivity index (χ0n) is 23.7. The largest absolute Gasteiger partial charge is 0.467 e. The molecule has 3 aliphatic heterocycles. The molecule has 3 aliphatic rings. The molecule has 1 N–H and O–H groups in total. The average Bonchev–Trinajstić information content (AvgIpc) is 3.46. The number of pyridine rings is 1. The molecule has 0 bridgehead atoms. The molecule has 212 valence electrons. The molecule has 1 aromatic carbocycles. The summed E-state index contributed by atoms with van der Waals surface area (Å²) in [4.78, 5) is 33.3. The van der Waals surface area contributed by atoms with Gasteiger partial charge in [-0.25, -0.2) is 0 Å². The Hall–Kier alpha value is -4.23. The highest BCUT2D eigenvalue weighted by Gasteiger charge is 2.45. The number of piperazine rings is 1. The van der Waals surface area contributed by atoms with Gasteiger partial charge < -0.3 is 24.8 Å². The number of nitrogens with zero attached hydrogens (tertiary/aromatic N) is 7. The normalized spacial score (nSPS) is 24.2. The van der Waals surface area contributed by atoms with Crippen LogP contribution in [-0.4, -0.2) is 77.2 Å². The third kappa shape index (κ3) is 4.84. The summed E-state index contributed by atoms with van der Waals surface area (Å²) in [6.45, 7) is 9.96. The first-order valence-corrected chi connectivity index (χ1v) is 14.3. The lowest BCUT2D eigenvalue weighted by Gasteiger charge is -2.46. The number of hydrogen-bond donors (Lipinski definition) is 1. The van der Waals surface area contributed by atoms with E-state index < -0.39 is 0 Å². The van der Waals surface area contributed by atoms with Crippen LogP contribution < -0.4 is 19.9 Å². The molecule has 1 amide bonds. The number of carbonyl (C=O) groups is 1. The van der Waals surface area contributed by atoms with Crippen LogP contribution in [0.4, 0.5) is 11.5 Å². The Balaban J connectivity index is 1.46. The second kappa shape index (κ2) is 11.0. The number of ether oxygens (including phenoxy) is 1. The van der Waals surface area contributed by atoms with Gasteiger partial charge in [-0.1, -0.05) is 18.7 Å². The smallest absolute Gasteiger partial charge is 0.318 e. The van der Waals surface area contributed by atoms with Gasteiger partial charge >= 0.3 is 6.01 Å². The van der Waals surface area contributed by atoms with Crippen LogP contribution in [0.15, 0.2) is 49.3 Å². The molecule has 10 nitrogen and oxygen atoms in total. The van der Waals surface area contributed by atoms with Gasteiger partial charge in [0, 0.05) is 66.7 Å². The molecule has 10 heteroatoms. The molecule has 3 atom stereocenters. The van der Waals surface area contributed by atoms with Crippen LogP contribution in [0.25, 0.3) is 10.8 Å². The predicted molar refractivity (Wildman–Crippen MR) is 158 cm³/mol. The van der Waals surface area contributed by atoms with Gasteiger partial charge in [0.25, 0.3) is 0 Å². The zero-order valence-corrected chi connectivity index (χ0v) is 23.7. The first kappa shape index (κ1) is 27.0. The van der Waals surface area contributed by atoms with Crippen LogP contribution >= 0.6 is 0 Å². The quantitative estimate of drug-likeness (QED) is 0.460. The van der Waals surface area contributed by atoms with E-state index in [4.69, 9.17) is 14.7 Å². The third-order valence-electron chi connectivity index (χ3n) is 9.00. The Morgan fingerprint density at radius 3 is 2.90 bits per heavy atom. The van der Waals surface area contributed by atoms with E-state index in [9.17, 15) is 10.1 Å². The lowest BCUT2D eigenvalue weighted by atomic mass is 9.76. The first-order chi connectivity index (χ1) is 20.0. The summed E-state index contributed by atoms with van der Waals surface area (Å²) < 4.78 is 5.64. The summed E-state index contributed by atoms with van der Waals surface area (Å²) in [5, 5.41) is 15.6. The Morgan fingerprint density at radius 1 is 1.27 bits per heavy atom. The average molecular weight is 553 g/mol. The van der Waals surface area contributed by atoms with E-state index in [1.165, 1.54) is 6.08 Å². The van der Waals surface area contributed by atoms with Crippen molar-refractivity contribution in [2.24, 2.45) is 0 Å². The van der Waals surface area contributed by atoms with Crippen LogP contribution in [0.2, 0.25) is 0 Å². The van der Waals surface area contributed by atoms with Crippen LogP contribution in [0, 0.1) is 11.3 Å². The fraction of sp³-hybridized carbons (Fsp3) is 0.452. The van der Waals surface area contributed by atoms with E-state index in [2.05, 4.69) is 57.9 Å². The molecule has 0 spiro atoms. The van der Waals surface area contributed by atoms with Crippen molar-refractivity contribution < 1.29 is 9.53 Å². The van der Waals surface area contributed by atoms with Crippen molar-refractivity contribution in [2.45, 2.75) is 50.2 Å². The number of benzene rings is 1. The number of rotatable bonds is 6. The van der Waals surface area contributed by atoms with Crippen molar-refractivity contribution in [2.75, 3.05) is 49.6 Å². The number of anilines is 2. The maximum atomic E-state index is 12.6. The minimum Gasteiger partial charge on any atom is -0.467 e. The molecule has 2 saturated heterocycles. The number of nitriles is 1. The number of carbonyl (C=O) groups excluding carboxylic acids is 1. The van der Waals surface area contributed by atoms with Gasteiger partial charge in [-0.2, -0.15) is 15.2 Å². The molecule has 2 fully saturated rings. The standard InChI is InChI=1S/C31H36N8O2/c1-4-27(40)39-16-15-37(18-22(39)9-12-32)29-28-24(31(2)11-6-13-34-31)19-38(20-25(28)35-30(36-29)41-3)26-8-5-7-21-10-14-33-17-23(21)26/h4-5,7-8,10,14,17,22,24,34H,1,6,9,11,13,15-16,18-20H2,2-3H3. The van der Waals surface area contributed by atoms with E-state index in [-0.39, 0.29) is 29.8 Å². The second-order valence-corrected chi connectivity index (χ2v) is 11.3. The van der Waals surface area contributed by atoms with Gasteiger partial charge in [-0.15, -0.1) is 0 Å². The Labute approximate surface area is 240 Å². The number of amides is 1. The van der Waals surface area contributed by atoms with Crippen molar-refractivity contribution in [3.05, 3.63) is 60.6 Å². The molecular weight excluding hydrogens is 516 g/mol. The molecule has 0 radical (unpaired) electrons. The number of fused-ring (bicyclic) bond motifs is 2. The Kier molecular flexibility index (Phi) is 7.22. The van der Waals surface area contributed by atoms with Gasteiger partial charge in [0.1, 0.15) is 5.82 Å². The van der Waals surface area contributed by atoms with Gasteiger partial charge in [0.2, 0.25) is 5.91 Å². The van der Waals surface area contributed by atoms with Gasteiger partial charge in [0.05, 0.1) is 37.9 Å². The molecular formula is C31H36N8O2. The molecule has 3 aromatic rings. The lowest BCUT2D eigenvalue weighted by Crippen LogP contribution is -2.56. The summed E-state index contributed by atoms with van der Waals surface area (Å²) in [6.07, 6.45) is 7.50. The van der Waals surface area contributed by atoms with Crippen LogP contribution in [-0.2, 0) is 11.3 Å². The Bertz CT molecular complexity index is 1510. The van der Waals surface area contributed by atoms with Crippen LogP contribution in [0.3, 0.4) is 0 Å². The molecule has 2 aromatic heterocycles. The molecule has 3 unspecified atom stereocenters. The van der Waals surface area contributed by atoms with Crippen molar-refractivity contribution >= 4 is 28.2 Å². The van der Waals surface area contributed by atoms with Gasteiger partial charge in [-0.05, 0) is 49.9 Å². The Morgan fingerprint density at radius 2 is 2.15 bits per heavy atom. The maximum absolute atomic E-state index is 12.6. The minimum absolute atomic E-state index is 0.101. The molecule has 0 aliphatic carbocycles. The minimum atomic E-state index is -0.252. The summed E-state index contributed by atoms with van der Waals surface area (Å²) >= 11 is 0. The van der Waals surface area contributed by atoms with E-state index in [1.54, 1.807) is 12.0 Å². The van der Waals surface area contributed by atoms with E-state index in [0.29, 0.717) is 32.2 Å². The topological polar surface area (TPSA) is 111 Å². The van der Waals surface area contributed by atoms with E-state index in [1.807, 2.05) is 18.5 Å². The van der Waals surface area contributed by atoms with Crippen molar-refractivity contribution in [3.8, 4) is 12.1 Å². The highest BCUT2D eigenvalue weighted by molar-refractivity contribution is 5.93. The van der Waals surface area contributed by atoms with E-state index >= 15 is 0 Å². The monoisotopic (exact) mass is 552 g/mol. The second-order valence-electron chi connectivity index (χ2n) is 11.3. The number of aromatic nitrogens is 3. The molecule has 6 rings (SSSR count). The molecule has 0 saturated carbocycles. The summed E-state index contributed by atoms with van der Waals surface area (Å²) in [5.74, 6) is 0.802. The SMILES string of the molecule is C=CC(=O)N1CCN(c2nc(OC)nc3c2C(C2(C)CCCN2)CN(c2cccc4ccncc24)C3)CC1CC#N. The van der Waals surface area contributed by atoms with E-state index in [0.717, 1.165) is 59.5 Å². The zero-order chi connectivity index (χ0) is 28.6. The van der Waals surface area contributed by atoms with Crippen LogP contribution in [0.5, 0.6) is 6.01 Å². The highest BCUT2D eigenvalue weighted by atomic mass is 16.5. The summed E-state index contributed by atoms with van der Waals surface area (Å²) in [6, 6.07) is 10.8. The number of methoxy groups -OCH3 is 1. The number of hydrogen-bond acceptors (Lipinski definition) is 9. The van der Waals surface area contributed by atoms with Crippen LogP contribution in [0.1, 0.15) is 43.4 Å². The van der Waals surface area contributed by atoms with Gasteiger partial charge in [-0.3, -0.25) is 9.78 Å². The summed E-state index contributed by atoms with van der Waals surface area (Å²) in [5.41, 5.74) is 3.07. The van der Waals surface area contributed by atoms with Gasteiger partial charge in [0.15, 0.2) is 0 Å². The highest BCUT2D eigenvalue weighted by Crippen LogP contribution is 2.46. The van der Waals surface area contributed by atoms with Crippen molar-refractivity contribution in [1.29, 1.82) is 5.26 Å². The maximum Gasteiger partial charge on any atom is 0.318 e. The fourth-order valence-corrected chi connectivity index (χ4v) is 6.87. The lowest BCUT2D eigenvalue weighted by molar-refractivity contribution is -0.128. The number of nitrogens with one attached hydrogen (secondary N) is 1. The third-order valence-corrected chi connectivity index (χ3v) is 9.00. The van der Waals surface area contributed by atoms with Crippen molar-refractivity contribution in [3.63, 3.8) is 0 Å². The fourth-order valence-electron chi connectivity index (χ4n) is 6.87. The molecule has 41 heavy (non-hydrogen) atoms. The molecule has 5 heterocycles. The predicted octanol–water partition coefficient (Wildman–Crippen LogP) is 3.40. The summed E-state index contributed by atoms with van der Waals surface area (Å²) in [7, 11) is 1.60. The first-order valence-electron chi connectivity index (χ1n) is 14.3. The van der Waals surface area contributed by atoms with Crippen molar-refractivity contribution in [1.82, 2.24) is 25.2 Å².